The fourth-order valence-corrected chi connectivity index (χ4v) is 6.20. The number of ether oxygens (including phenoxy) is 2. The summed E-state index contributed by atoms with van der Waals surface area (Å²) in [5.74, 6) is 0.0752. The van der Waals surface area contributed by atoms with E-state index < -0.39 is 5.60 Å². The van der Waals surface area contributed by atoms with Crippen LogP contribution < -0.4 is 0 Å². The Hall–Kier alpha value is -2.74. The molecule has 1 saturated carbocycles. The van der Waals surface area contributed by atoms with Gasteiger partial charge in [-0.25, -0.2) is 0 Å². The first kappa shape index (κ1) is 22.7. The van der Waals surface area contributed by atoms with Crippen molar-refractivity contribution in [3.8, 4) is 0 Å². The molecule has 5 atom stereocenters. The van der Waals surface area contributed by atoms with Crippen LogP contribution in [0.4, 0.5) is 0 Å². The summed E-state index contributed by atoms with van der Waals surface area (Å²) < 4.78 is 11.5. The molecule has 35 heavy (non-hydrogen) atoms. The van der Waals surface area contributed by atoms with Crippen molar-refractivity contribution in [1.82, 2.24) is 9.80 Å². The van der Waals surface area contributed by atoms with Crippen molar-refractivity contribution in [2.24, 2.45) is 5.92 Å². The van der Waals surface area contributed by atoms with Gasteiger partial charge in [0, 0.05) is 17.5 Å². The molecule has 7 rings (SSSR count). The van der Waals surface area contributed by atoms with Gasteiger partial charge >= 0.3 is 0 Å². The van der Waals surface area contributed by atoms with Crippen molar-refractivity contribution < 1.29 is 24.2 Å². The SMILES string of the molecule is O=C1C(C2(O)CCC2)CC2CO[C@H](c3ccccc3)N12.O=C1CCC2CO[C@H](c3ccccc3)N12. The molecule has 3 unspecified atom stereocenters. The van der Waals surface area contributed by atoms with Crippen LogP contribution in [0.1, 0.15) is 62.1 Å². The number of nitrogens with zero attached hydrogens (tertiary/aromatic N) is 2. The molecule has 2 amide bonds. The van der Waals surface area contributed by atoms with Gasteiger partial charge in [-0.15, -0.1) is 0 Å². The lowest BCUT2D eigenvalue weighted by molar-refractivity contribution is -0.151. The first-order chi connectivity index (χ1) is 17.0. The van der Waals surface area contributed by atoms with Crippen LogP contribution >= 0.6 is 0 Å². The molecule has 7 nitrogen and oxygen atoms in total. The Labute approximate surface area is 205 Å². The fraction of sp³-hybridized carbons (Fsp3) is 0.500. The van der Waals surface area contributed by atoms with Crippen molar-refractivity contribution >= 4 is 11.8 Å². The van der Waals surface area contributed by atoms with E-state index >= 15 is 0 Å². The lowest BCUT2D eigenvalue weighted by Crippen LogP contribution is -2.48. The summed E-state index contributed by atoms with van der Waals surface area (Å²) in [6, 6.07) is 20.3. The van der Waals surface area contributed by atoms with Gasteiger partial charge in [-0.1, -0.05) is 60.7 Å². The minimum atomic E-state index is -0.747. The Morgan fingerprint density at radius 2 is 1.37 bits per heavy atom. The summed E-state index contributed by atoms with van der Waals surface area (Å²) in [4.78, 5) is 28.1. The van der Waals surface area contributed by atoms with Crippen molar-refractivity contribution in [3.63, 3.8) is 0 Å². The van der Waals surface area contributed by atoms with Gasteiger partial charge < -0.3 is 24.4 Å². The number of amides is 2. The highest BCUT2D eigenvalue weighted by Crippen LogP contribution is 2.48. The molecule has 0 spiro atoms. The number of hydrogen-bond acceptors (Lipinski definition) is 5. The van der Waals surface area contributed by atoms with Gasteiger partial charge in [0.1, 0.15) is 0 Å². The molecule has 2 aromatic carbocycles. The molecule has 5 aliphatic rings. The van der Waals surface area contributed by atoms with Crippen LogP contribution in [-0.2, 0) is 19.1 Å². The number of benzene rings is 2. The van der Waals surface area contributed by atoms with Crippen LogP contribution in [0.3, 0.4) is 0 Å². The second-order valence-electron chi connectivity index (χ2n) is 10.3. The molecule has 1 N–H and O–H groups in total. The Morgan fingerprint density at radius 3 is 1.94 bits per heavy atom. The third-order valence-electron chi connectivity index (χ3n) is 8.26. The van der Waals surface area contributed by atoms with Gasteiger partial charge in [0.2, 0.25) is 11.8 Å². The molecular weight excluding hydrogens is 444 g/mol. The van der Waals surface area contributed by atoms with Crippen molar-refractivity contribution in [3.05, 3.63) is 71.8 Å². The second-order valence-corrected chi connectivity index (χ2v) is 10.3. The Kier molecular flexibility index (Phi) is 5.87. The number of aliphatic hydroxyl groups is 1. The van der Waals surface area contributed by atoms with E-state index in [0.29, 0.717) is 25.7 Å². The maximum Gasteiger partial charge on any atom is 0.231 e. The van der Waals surface area contributed by atoms with E-state index in [-0.39, 0.29) is 36.2 Å². The monoisotopic (exact) mass is 476 g/mol. The molecule has 184 valence electrons. The number of carbonyl (C=O) groups excluding carboxylic acids is 2. The normalized spacial score (nSPS) is 32.7. The summed E-state index contributed by atoms with van der Waals surface area (Å²) in [7, 11) is 0. The molecule has 4 heterocycles. The highest BCUT2D eigenvalue weighted by molar-refractivity contribution is 5.83. The maximum atomic E-state index is 12.7. The van der Waals surface area contributed by atoms with E-state index in [1.807, 2.05) is 70.5 Å². The minimum Gasteiger partial charge on any atom is -0.389 e. The van der Waals surface area contributed by atoms with Crippen LogP contribution in [0.25, 0.3) is 0 Å². The molecule has 7 heteroatoms. The molecule has 4 aliphatic heterocycles. The predicted molar refractivity (Wildman–Crippen MR) is 128 cm³/mol. The predicted octanol–water partition coefficient (Wildman–Crippen LogP) is 3.55. The molecule has 0 bridgehead atoms. The van der Waals surface area contributed by atoms with E-state index in [4.69, 9.17) is 9.47 Å². The number of hydrogen-bond donors (Lipinski definition) is 1. The van der Waals surface area contributed by atoms with Gasteiger partial charge in [0.05, 0.1) is 36.8 Å². The zero-order valence-corrected chi connectivity index (χ0v) is 19.8. The standard InChI is InChI=1S/C16H19NO3.C12H13NO2/c18-14-13(16(19)7-4-8-16)9-12-10-20-15(17(12)14)11-5-2-1-3-6-11;14-11-7-6-10-8-15-12(13(10)11)9-4-2-1-3-5-9/h1-3,5-6,12-13,15,19H,4,7-10H2;1-5,10,12H,6-8H2/t12?,13?,15-;10?,12-/m11/s1. The molecule has 0 aromatic heterocycles. The summed E-state index contributed by atoms with van der Waals surface area (Å²) in [6.45, 7) is 1.27. The first-order valence-corrected chi connectivity index (χ1v) is 12.7. The third-order valence-corrected chi connectivity index (χ3v) is 8.26. The summed E-state index contributed by atoms with van der Waals surface area (Å²) in [5.41, 5.74) is 1.35. The topological polar surface area (TPSA) is 79.3 Å². The molecule has 4 saturated heterocycles. The Balaban J connectivity index is 0.000000136. The van der Waals surface area contributed by atoms with E-state index in [9.17, 15) is 14.7 Å². The maximum absolute atomic E-state index is 12.7. The number of carbonyl (C=O) groups is 2. The number of rotatable bonds is 3. The fourth-order valence-electron chi connectivity index (χ4n) is 6.20. The lowest BCUT2D eigenvalue weighted by atomic mass is 9.70. The summed E-state index contributed by atoms with van der Waals surface area (Å²) in [6.07, 6.45) is 4.50. The van der Waals surface area contributed by atoms with Crippen LogP contribution in [0, 0.1) is 5.92 Å². The van der Waals surface area contributed by atoms with E-state index in [0.717, 1.165) is 43.2 Å². The van der Waals surface area contributed by atoms with Gasteiger partial charge in [-0.2, -0.15) is 0 Å². The van der Waals surface area contributed by atoms with E-state index in [1.54, 1.807) is 0 Å². The zero-order chi connectivity index (χ0) is 24.0. The molecule has 0 radical (unpaired) electrons. The van der Waals surface area contributed by atoms with Crippen LogP contribution in [0.15, 0.2) is 60.7 Å². The Morgan fingerprint density at radius 1 is 0.800 bits per heavy atom. The Bertz CT molecular complexity index is 1070. The smallest absolute Gasteiger partial charge is 0.231 e. The van der Waals surface area contributed by atoms with Gasteiger partial charge in [-0.05, 0) is 32.1 Å². The van der Waals surface area contributed by atoms with Gasteiger partial charge in [-0.3, -0.25) is 9.59 Å². The summed E-state index contributed by atoms with van der Waals surface area (Å²) >= 11 is 0. The first-order valence-electron chi connectivity index (χ1n) is 12.7. The van der Waals surface area contributed by atoms with E-state index in [2.05, 4.69) is 0 Å². The highest BCUT2D eigenvalue weighted by atomic mass is 16.5. The highest BCUT2D eigenvalue weighted by Gasteiger charge is 2.56. The van der Waals surface area contributed by atoms with E-state index in [1.165, 1.54) is 0 Å². The van der Waals surface area contributed by atoms with Crippen LogP contribution in [-0.4, -0.2) is 57.6 Å². The van der Waals surface area contributed by atoms with Gasteiger partial charge in [0.25, 0.3) is 0 Å². The minimum absolute atomic E-state index is 0.0727. The third kappa shape index (κ3) is 3.96. The largest absolute Gasteiger partial charge is 0.389 e. The van der Waals surface area contributed by atoms with Crippen LogP contribution in [0.5, 0.6) is 0 Å². The van der Waals surface area contributed by atoms with Crippen molar-refractivity contribution in [2.45, 2.75) is 68.7 Å². The quantitative estimate of drug-likeness (QED) is 0.733. The molecule has 2 aromatic rings. The average Bonchev–Trinajstić information content (AvgIpc) is 3.63. The van der Waals surface area contributed by atoms with Crippen molar-refractivity contribution in [1.29, 1.82) is 0 Å². The average molecular weight is 477 g/mol. The zero-order valence-electron chi connectivity index (χ0n) is 19.8. The lowest BCUT2D eigenvalue weighted by Gasteiger charge is -2.41. The molecule has 5 fully saturated rings. The molecule has 1 aliphatic carbocycles. The number of fused-ring (bicyclic) bond motifs is 2. The van der Waals surface area contributed by atoms with Crippen molar-refractivity contribution in [2.75, 3.05) is 13.2 Å². The van der Waals surface area contributed by atoms with Crippen LogP contribution in [0.2, 0.25) is 0 Å². The summed E-state index contributed by atoms with van der Waals surface area (Å²) in [5, 5.41) is 10.5. The molecular formula is C28H32N2O5. The van der Waals surface area contributed by atoms with Gasteiger partial charge in [0.15, 0.2) is 12.5 Å². The second kappa shape index (κ2) is 9.04.